The lowest BCUT2D eigenvalue weighted by molar-refractivity contribution is -0.138. The monoisotopic (exact) mass is 285 g/mol. The van der Waals surface area contributed by atoms with Crippen molar-refractivity contribution in [2.75, 3.05) is 13.1 Å². The third kappa shape index (κ3) is 4.16. The van der Waals surface area contributed by atoms with Crippen molar-refractivity contribution in [3.8, 4) is 23.8 Å². The third-order valence-corrected chi connectivity index (χ3v) is 2.80. The minimum Gasteiger partial charge on any atom is -0.480 e. The molecule has 0 aliphatic carbocycles. The average molecular weight is 285 g/mol. The molecule has 2 rings (SSSR count). The van der Waals surface area contributed by atoms with E-state index in [2.05, 4.69) is 16.1 Å². The Bertz CT molecular complexity index is 656. The molecule has 6 nitrogen and oxygen atoms in total. The molecule has 1 aromatic carbocycles. The van der Waals surface area contributed by atoms with Crippen LogP contribution in [-0.4, -0.2) is 39.3 Å². The van der Waals surface area contributed by atoms with Gasteiger partial charge in [0.2, 0.25) is 11.8 Å². The lowest BCUT2D eigenvalue weighted by Crippen LogP contribution is -2.29. The first-order valence-electron chi connectivity index (χ1n) is 6.35. The first-order valence-corrected chi connectivity index (χ1v) is 6.35. The fraction of sp³-hybridized carbons (Fsp3) is 0.267. The van der Waals surface area contributed by atoms with Crippen LogP contribution in [0.3, 0.4) is 0 Å². The molecule has 108 valence electrons. The van der Waals surface area contributed by atoms with Gasteiger partial charge in [-0.2, -0.15) is 0 Å². The van der Waals surface area contributed by atoms with Crippen molar-refractivity contribution in [3.05, 3.63) is 35.7 Å². The number of aromatic nitrogens is 2. The molecular weight excluding hydrogens is 270 g/mol. The Kier molecular flexibility index (Phi) is 4.69. The molecule has 0 unspecified atom stereocenters. The number of nitrogens with zero attached hydrogens (tertiary/aromatic N) is 3. The van der Waals surface area contributed by atoms with Crippen molar-refractivity contribution >= 4 is 5.97 Å². The van der Waals surface area contributed by atoms with Gasteiger partial charge in [0, 0.05) is 5.56 Å². The number of carboxylic acid groups (broad SMARTS) is 1. The highest BCUT2D eigenvalue weighted by atomic mass is 16.4. The van der Waals surface area contributed by atoms with Crippen LogP contribution in [0, 0.1) is 19.3 Å². The molecule has 0 spiro atoms. The van der Waals surface area contributed by atoms with E-state index in [0.717, 1.165) is 11.1 Å². The van der Waals surface area contributed by atoms with E-state index in [4.69, 9.17) is 15.9 Å². The third-order valence-electron chi connectivity index (χ3n) is 2.80. The zero-order valence-electron chi connectivity index (χ0n) is 11.6. The first kappa shape index (κ1) is 14.8. The van der Waals surface area contributed by atoms with Gasteiger partial charge in [-0.25, -0.2) is 0 Å². The Balaban J connectivity index is 2.10. The van der Waals surface area contributed by atoms with Crippen LogP contribution in [0.15, 0.2) is 28.7 Å². The van der Waals surface area contributed by atoms with Crippen molar-refractivity contribution in [2.24, 2.45) is 0 Å². The van der Waals surface area contributed by atoms with Crippen LogP contribution in [0.25, 0.3) is 11.5 Å². The van der Waals surface area contributed by atoms with Gasteiger partial charge in [0.15, 0.2) is 0 Å². The van der Waals surface area contributed by atoms with Crippen molar-refractivity contribution in [3.63, 3.8) is 0 Å². The topological polar surface area (TPSA) is 79.5 Å². The lowest BCUT2D eigenvalue weighted by atomic mass is 10.1. The summed E-state index contributed by atoms with van der Waals surface area (Å²) in [7, 11) is 0. The second-order valence-corrected chi connectivity index (χ2v) is 4.61. The summed E-state index contributed by atoms with van der Waals surface area (Å²) in [5.74, 6) is 2.19. The molecule has 0 atom stereocenters. The Labute approximate surface area is 122 Å². The van der Waals surface area contributed by atoms with E-state index in [1.807, 2.05) is 31.2 Å². The van der Waals surface area contributed by atoms with Crippen molar-refractivity contribution < 1.29 is 14.3 Å². The second-order valence-electron chi connectivity index (χ2n) is 4.61. The van der Waals surface area contributed by atoms with Gasteiger partial charge >= 0.3 is 5.97 Å². The van der Waals surface area contributed by atoms with Crippen LogP contribution < -0.4 is 0 Å². The summed E-state index contributed by atoms with van der Waals surface area (Å²) in [6.07, 6.45) is 5.22. The molecule has 0 aliphatic heterocycles. The molecule has 6 heteroatoms. The van der Waals surface area contributed by atoms with Crippen molar-refractivity contribution in [2.45, 2.75) is 13.5 Å². The number of aliphatic carboxylic acids is 1. The number of hydrogen-bond donors (Lipinski definition) is 1. The summed E-state index contributed by atoms with van der Waals surface area (Å²) in [5.41, 5.74) is 1.96. The zero-order chi connectivity index (χ0) is 15.2. The summed E-state index contributed by atoms with van der Waals surface area (Å²) in [4.78, 5) is 12.3. The van der Waals surface area contributed by atoms with E-state index in [1.165, 1.54) is 4.90 Å². The smallest absolute Gasteiger partial charge is 0.317 e. The molecule has 0 amide bonds. The van der Waals surface area contributed by atoms with E-state index in [0.29, 0.717) is 11.8 Å². The van der Waals surface area contributed by atoms with E-state index in [9.17, 15) is 4.79 Å². The summed E-state index contributed by atoms with van der Waals surface area (Å²) < 4.78 is 5.54. The van der Waals surface area contributed by atoms with Crippen LogP contribution in [0.1, 0.15) is 11.5 Å². The summed E-state index contributed by atoms with van der Waals surface area (Å²) >= 11 is 0. The molecule has 0 aliphatic rings. The molecule has 0 bridgehead atoms. The van der Waals surface area contributed by atoms with Crippen LogP contribution in [-0.2, 0) is 11.3 Å². The maximum atomic E-state index is 10.8. The molecule has 0 radical (unpaired) electrons. The van der Waals surface area contributed by atoms with E-state index < -0.39 is 5.97 Å². The van der Waals surface area contributed by atoms with E-state index in [1.54, 1.807) is 0 Å². The van der Waals surface area contributed by atoms with Crippen LogP contribution in [0.4, 0.5) is 0 Å². The number of hydrogen-bond acceptors (Lipinski definition) is 5. The van der Waals surface area contributed by atoms with Gasteiger partial charge < -0.3 is 9.52 Å². The fourth-order valence-electron chi connectivity index (χ4n) is 1.81. The quantitative estimate of drug-likeness (QED) is 0.811. The van der Waals surface area contributed by atoms with E-state index in [-0.39, 0.29) is 19.6 Å². The van der Waals surface area contributed by atoms with Gasteiger partial charge in [0.1, 0.15) is 0 Å². The number of carboxylic acids is 1. The highest BCUT2D eigenvalue weighted by Gasteiger charge is 2.14. The molecule has 0 saturated heterocycles. The van der Waals surface area contributed by atoms with Gasteiger partial charge in [0.25, 0.3) is 0 Å². The van der Waals surface area contributed by atoms with Gasteiger partial charge in [0.05, 0.1) is 19.6 Å². The van der Waals surface area contributed by atoms with Crippen molar-refractivity contribution in [1.82, 2.24) is 15.1 Å². The number of carbonyl (C=O) groups is 1. The molecule has 0 fully saturated rings. The molecule has 1 aromatic heterocycles. The first-order chi connectivity index (χ1) is 10.1. The SMILES string of the molecule is C#CCN(CC(=O)O)Cc1nnc(-c2ccc(C)cc2)o1. The van der Waals surface area contributed by atoms with Crippen LogP contribution in [0.5, 0.6) is 0 Å². The number of rotatable bonds is 6. The predicted molar refractivity (Wildman–Crippen MR) is 76.2 cm³/mol. The maximum Gasteiger partial charge on any atom is 0.317 e. The highest BCUT2D eigenvalue weighted by molar-refractivity contribution is 5.69. The largest absolute Gasteiger partial charge is 0.480 e. The Hall–Kier alpha value is -2.65. The minimum atomic E-state index is -0.955. The lowest BCUT2D eigenvalue weighted by Gasteiger charge is -2.14. The Morgan fingerprint density at radius 2 is 2.10 bits per heavy atom. The molecule has 2 aromatic rings. The summed E-state index contributed by atoms with van der Waals surface area (Å²) in [5, 5.41) is 16.7. The molecule has 0 saturated carbocycles. The van der Waals surface area contributed by atoms with Gasteiger partial charge in [-0.3, -0.25) is 9.69 Å². The van der Waals surface area contributed by atoms with Crippen LogP contribution in [0.2, 0.25) is 0 Å². The molecule has 1 heterocycles. The van der Waals surface area contributed by atoms with Gasteiger partial charge in [-0.05, 0) is 19.1 Å². The predicted octanol–water partition coefficient (Wildman–Crippen LogP) is 1.56. The number of benzene rings is 1. The zero-order valence-corrected chi connectivity index (χ0v) is 11.6. The molecule has 21 heavy (non-hydrogen) atoms. The number of aryl methyl sites for hydroxylation is 1. The minimum absolute atomic E-state index is 0.174. The van der Waals surface area contributed by atoms with Crippen molar-refractivity contribution in [1.29, 1.82) is 0 Å². The second kappa shape index (κ2) is 6.68. The normalized spacial score (nSPS) is 10.5. The molecular formula is C15H15N3O3. The highest BCUT2D eigenvalue weighted by Crippen LogP contribution is 2.18. The summed E-state index contributed by atoms with van der Waals surface area (Å²) in [6, 6.07) is 7.69. The Morgan fingerprint density at radius 1 is 1.38 bits per heavy atom. The maximum absolute atomic E-state index is 10.8. The van der Waals surface area contributed by atoms with Gasteiger partial charge in [-0.15, -0.1) is 16.6 Å². The standard InChI is InChI=1S/C15H15N3O3/c1-3-8-18(10-14(19)20)9-13-16-17-15(21-13)12-6-4-11(2)5-7-12/h1,4-7H,8-10H2,2H3,(H,19,20). The average Bonchev–Trinajstić information content (AvgIpc) is 2.87. The number of terminal acetylenes is 1. The van der Waals surface area contributed by atoms with E-state index >= 15 is 0 Å². The Morgan fingerprint density at radius 3 is 2.71 bits per heavy atom. The van der Waals surface area contributed by atoms with Crippen LogP contribution >= 0.6 is 0 Å². The van der Waals surface area contributed by atoms with Gasteiger partial charge in [-0.1, -0.05) is 23.6 Å². The summed E-state index contributed by atoms with van der Waals surface area (Å²) in [6.45, 7) is 2.23. The molecule has 1 N–H and O–H groups in total. The fourth-order valence-corrected chi connectivity index (χ4v) is 1.81.